The molecular formula is C5H16NOP3. The molecule has 0 saturated heterocycles. The number of hydrogen-bond donors (Lipinski definition) is 0. The van der Waals surface area contributed by atoms with E-state index in [4.69, 9.17) is 0 Å². The molecule has 0 spiro atoms. The van der Waals surface area contributed by atoms with Gasteiger partial charge in [0.1, 0.15) is 0 Å². The van der Waals surface area contributed by atoms with E-state index in [2.05, 4.69) is 27.9 Å². The summed E-state index contributed by atoms with van der Waals surface area (Å²) >= 11 is 0. The van der Waals surface area contributed by atoms with Gasteiger partial charge in [-0.1, -0.05) is 13.8 Å². The topological polar surface area (TPSA) is 20.3 Å². The van der Waals surface area contributed by atoms with Gasteiger partial charge in [-0.2, -0.15) is 0 Å². The second-order valence-electron chi connectivity index (χ2n) is 1.49. The number of hydrogen-bond acceptors (Lipinski definition) is 1. The molecule has 5 heteroatoms. The molecule has 2 nitrogen and oxygen atoms in total. The molecule has 62 valence electrons. The Hall–Kier alpha value is 0.760. The van der Waals surface area contributed by atoms with Crippen molar-refractivity contribution in [3.05, 3.63) is 0 Å². The minimum atomic E-state index is -0.0162. The zero-order chi connectivity index (χ0) is 8.73. The lowest BCUT2D eigenvalue weighted by Gasteiger charge is -2.17. The predicted molar refractivity (Wildman–Crippen MR) is 57.2 cm³/mol. The van der Waals surface area contributed by atoms with Gasteiger partial charge in [0.25, 0.3) is 0 Å². The minimum Gasteiger partial charge on any atom is -0.318 e. The summed E-state index contributed by atoms with van der Waals surface area (Å²) in [5.41, 5.74) is -0.0162. The van der Waals surface area contributed by atoms with E-state index in [1.54, 1.807) is 0 Å². The Morgan fingerprint density at radius 3 is 1.80 bits per heavy atom. The van der Waals surface area contributed by atoms with Gasteiger partial charge < -0.3 is 4.67 Å². The van der Waals surface area contributed by atoms with Gasteiger partial charge in [0, 0.05) is 5.78 Å². The van der Waals surface area contributed by atoms with Crippen LogP contribution in [0.1, 0.15) is 20.8 Å². The monoisotopic (exact) mass is 199 g/mol. The molecule has 0 aliphatic heterocycles. The van der Waals surface area contributed by atoms with Gasteiger partial charge in [-0.3, -0.25) is 4.79 Å². The van der Waals surface area contributed by atoms with Crippen molar-refractivity contribution < 1.29 is 4.79 Å². The number of carbonyl (C=O) groups is 1. The molecule has 1 amide bonds. The van der Waals surface area contributed by atoms with Crippen molar-refractivity contribution >= 4 is 33.5 Å². The summed E-state index contributed by atoms with van der Waals surface area (Å²) in [7, 11) is 6.94. The molecule has 4 atom stereocenters. The summed E-state index contributed by atoms with van der Waals surface area (Å²) in [4.78, 5) is 10.4. The van der Waals surface area contributed by atoms with Crippen molar-refractivity contribution in [2.45, 2.75) is 26.6 Å². The zero-order valence-corrected chi connectivity index (χ0v) is 10.1. The van der Waals surface area contributed by atoms with Crippen molar-refractivity contribution in [1.29, 1.82) is 0 Å². The third-order valence-corrected chi connectivity index (χ3v) is 2.68. The lowest BCUT2D eigenvalue weighted by atomic mass is 10.7. The molecular weight excluding hydrogens is 183 g/mol. The van der Waals surface area contributed by atoms with Gasteiger partial charge in [-0.05, 0) is 25.6 Å². The van der Waals surface area contributed by atoms with Gasteiger partial charge >= 0.3 is 0 Å². The van der Waals surface area contributed by atoms with Crippen molar-refractivity contribution in [2.75, 3.05) is 0 Å². The summed E-state index contributed by atoms with van der Waals surface area (Å²) in [6, 6.07) is 0. The average Bonchev–Trinajstić information content (AvgIpc) is 1.90. The zero-order valence-electron chi connectivity index (χ0n) is 6.66. The number of amides is 1. The summed E-state index contributed by atoms with van der Waals surface area (Å²) in [6.45, 7) is 5.92. The SMILES string of the molecule is CC.CC(P)N(P)C(=O)P. The lowest BCUT2D eigenvalue weighted by molar-refractivity contribution is 0.247. The highest BCUT2D eigenvalue weighted by atomic mass is 31.0. The molecule has 0 radical (unpaired) electrons. The molecule has 0 saturated carbocycles. The van der Waals surface area contributed by atoms with Crippen LogP contribution in [0, 0.1) is 0 Å². The molecule has 0 aliphatic rings. The maximum atomic E-state index is 10.4. The van der Waals surface area contributed by atoms with Gasteiger partial charge in [0.2, 0.25) is 5.65 Å². The number of carbonyl (C=O) groups excluding carboxylic acids is 1. The van der Waals surface area contributed by atoms with E-state index in [1.165, 1.54) is 4.67 Å². The van der Waals surface area contributed by atoms with Crippen LogP contribution in [0.3, 0.4) is 0 Å². The molecule has 0 aromatic heterocycles. The van der Waals surface area contributed by atoms with Crippen LogP contribution in [-0.4, -0.2) is 16.1 Å². The molecule has 0 heterocycles. The highest BCUT2D eigenvalue weighted by Crippen LogP contribution is 2.15. The van der Waals surface area contributed by atoms with Crippen LogP contribution < -0.4 is 0 Å². The van der Waals surface area contributed by atoms with Gasteiger partial charge in [0.15, 0.2) is 0 Å². The molecule has 4 unspecified atom stereocenters. The van der Waals surface area contributed by atoms with Crippen LogP contribution >= 0.6 is 27.9 Å². The van der Waals surface area contributed by atoms with Crippen molar-refractivity contribution in [1.82, 2.24) is 4.67 Å². The maximum absolute atomic E-state index is 10.4. The first-order valence-corrected chi connectivity index (χ1v) is 4.90. The summed E-state index contributed by atoms with van der Waals surface area (Å²) < 4.78 is 1.54. The van der Waals surface area contributed by atoms with E-state index >= 15 is 0 Å². The highest BCUT2D eigenvalue weighted by Gasteiger charge is 2.04. The Balaban J connectivity index is 0. The minimum absolute atomic E-state index is 0.0162. The van der Waals surface area contributed by atoms with Crippen LogP contribution in [0.4, 0.5) is 4.79 Å². The maximum Gasteiger partial charge on any atom is 0.240 e. The third kappa shape index (κ3) is 6.87. The van der Waals surface area contributed by atoms with E-state index < -0.39 is 0 Å². The standard InChI is InChI=1S/C3H10NOP3.C2H6/c1-2(6)4(8)3(5)7;1-2/h2H,6-8H2,1H3;1-2H3. The fourth-order valence-corrected chi connectivity index (χ4v) is 0.755. The molecule has 0 aliphatic carbocycles. The van der Waals surface area contributed by atoms with Crippen LogP contribution in [0.2, 0.25) is 0 Å². The number of nitrogens with zero attached hydrogens (tertiary/aromatic N) is 1. The molecule has 0 N–H and O–H groups in total. The number of rotatable bonds is 1. The fraction of sp³-hybridized carbons (Fsp3) is 0.800. The van der Waals surface area contributed by atoms with Crippen LogP contribution in [0.15, 0.2) is 0 Å². The molecule has 0 aromatic carbocycles. The smallest absolute Gasteiger partial charge is 0.240 e. The Morgan fingerprint density at radius 2 is 1.80 bits per heavy atom. The van der Waals surface area contributed by atoms with Crippen molar-refractivity contribution in [2.24, 2.45) is 0 Å². The molecule has 0 bridgehead atoms. The first-order chi connectivity index (χ1) is 4.55. The Morgan fingerprint density at radius 1 is 1.50 bits per heavy atom. The largest absolute Gasteiger partial charge is 0.318 e. The summed E-state index contributed by atoms with van der Waals surface area (Å²) in [6.07, 6.45) is 0. The first-order valence-electron chi connectivity index (χ1n) is 3.14. The van der Waals surface area contributed by atoms with Gasteiger partial charge in [-0.15, -0.1) is 9.24 Å². The van der Waals surface area contributed by atoms with Crippen LogP contribution in [-0.2, 0) is 0 Å². The summed E-state index contributed by atoms with van der Waals surface area (Å²) in [5, 5.41) is 0. The molecule has 0 aromatic rings. The second-order valence-corrected chi connectivity index (χ2v) is 3.50. The Bertz CT molecular complexity index is 96.9. The normalized spacial score (nSPS) is 11.0. The Labute approximate surface area is 70.2 Å². The second kappa shape index (κ2) is 7.86. The Kier molecular flexibility index (Phi) is 10.5. The predicted octanol–water partition coefficient (Wildman–Crippen LogP) is 2.32. The quantitative estimate of drug-likeness (QED) is 0.593. The van der Waals surface area contributed by atoms with E-state index in [0.717, 1.165) is 0 Å². The van der Waals surface area contributed by atoms with Crippen LogP contribution in [0.25, 0.3) is 0 Å². The average molecular weight is 199 g/mol. The molecule has 0 fully saturated rings. The highest BCUT2D eigenvalue weighted by molar-refractivity contribution is 7.42. The van der Waals surface area contributed by atoms with Crippen LogP contribution in [0.5, 0.6) is 0 Å². The summed E-state index contributed by atoms with van der Waals surface area (Å²) in [5.74, 6) is 0.185. The molecule has 0 rings (SSSR count). The van der Waals surface area contributed by atoms with Gasteiger partial charge in [0.05, 0.1) is 0 Å². The van der Waals surface area contributed by atoms with E-state index in [1.807, 2.05) is 20.8 Å². The van der Waals surface area contributed by atoms with Gasteiger partial charge in [-0.25, -0.2) is 0 Å². The van der Waals surface area contributed by atoms with E-state index in [0.29, 0.717) is 0 Å². The third-order valence-electron chi connectivity index (χ3n) is 0.693. The van der Waals surface area contributed by atoms with Crippen molar-refractivity contribution in [3.63, 3.8) is 0 Å². The fourth-order valence-electron chi connectivity index (χ4n) is 0.201. The first kappa shape index (κ1) is 13.4. The molecule has 10 heavy (non-hydrogen) atoms. The van der Waals surface area contributed by atoms with Crippen molar-refractivity contribution in [3.8, 4) is 0 Å². The lowest BCUT2D eigenvalue weighted by Crippen LogP contribution is -2.18. The van der Waals surface area contributed by atoms with E-state index in [-0.39, 0.29) is 11.4 Å². The van der Waals surface area contributed by atoms with E-state index in [9.17, 15) is 4.79 Å².